The lowest BCUT2D eigenvalue weighted by Crippen LogP contribution is -2.55. The molecule has 1 aromatic rings. The van der Waals surface area contributed by atoms with Crippen LogP contribution in [0.1, 0.15) is 59.2 Å². The van der Waals surface area contributed by atoms with Crippen molar-refractivity contribution in [1.82, 2.24) is 26.4 Å². The lowest BCUT2D eigenvalue weighted by molar-refractivity contribution is -0.133. The normalized spacial score (nSPS) is 20.2. The van der Waals surface area contributed by atoms with Gasteiger partial charge in [0.15, 0.2) is 5.78 Å². The summed E-state index contributed by atoms with van der Waals surface area (Å²) in [4.78, 5) is 51.2. The van der Waals surface area contributed by atoms with Crippen LogP contribution in [0.4, 0.5) is 0 Å². The first-order chi connectivity index (χ1) is 19.8. The van der Waals surface area contributed by atoms with Crippen LogP contribution in [0.25, 0.3) is 0 Å². The molecule has 0 spiro atoms. The number of hydrazine groups is 1. The van der Waals surface area contributed by atoms with Crippen LogP contribution >= 0.6 is 0 Å². The zero-order valence-corrected chi connectivity index (χ0v) is 26.7. The summed E-state index contributed by atoms with van der Waals surface area (Å²) in [6.45, 7) is 13.3. The Kier molecular flexibility index (Phi) is 14.8. The largest absolute Gasteiger partial charge is 0.361 e. The molecule has 4 N–H and O–H groups in total. The molecule has 12 heteroatoms. The minimum absolute atomic E-state index is 0. The van der Waals surface area contributed by atoms with Crippen LogP contribution in [0, 0.1) is 11.8 Å². The van der Waals surface area contributed by atoms with E-state index in [-0.39, 0.29) is 42.8 Å². The number of epoxide rings is 1. The van der Waals surface area contributed by atoms with Crippen LogP contribution < -0.4 is 21.4 Å². The summed E-state index contributed by atoms with van der Waals surface area (Å²) < 4.78 is 16.8. The van der Waals surface area contributed by atoms with Crippen molar-refractivity contribution in [3.05, 3.63) is 35.9 Å². The van der Waals surface area contributed by atoms with Gasteiger partial charge in [-0.25, -0.2) is 10.4 Å². The van der Waals surface area contributed by atoms with Crippen LogP contribution in [0.3, 0.4) is 0 Å². The zero-order valence-electron chi connectivity index (χ0n) is 25.9. The van der Waals surface area contributed by atoms with E-state index in [9.17, 15) is 23.4 Å². The molecule has 2 fully saturated rings. The maximum absolute atomic E-state index is 13.3. The second-order valence-corrected chi connectivity index (χ2v) is 13.8. The molecule has 244 valence electrons. The van der Waals surface area contributed by atoms with Crippen molar-refractivity contribution in [1.29, 1.82) is 0 Å². The van der Waals surface area contributed by atoms with Gasteiger partial charge in [-0.05, 0) is 30.7 Å². The molecule has 0 aliphatic carbocycles. The first-order valence-electron chi connectivity index (χ1n) is 14.7. The molecule has 2 saturated heterocycles. The standard InChI is InChI=1S/C26H39N5O6S.C4H10.4H2/c1-18(2)13-20(24(34)26(3)17-37-26)30-25(35)21(14-19-7-5-4-6-8-19)29-23(33)15-27-22(32)16-28-31-9-11-38(36)12-10-31;1-4(2)3;;;;/h4-8,18,20-21,28H,9-17H2,1-3H3,(H,27,32)(H,29,33)(H,30,35);4H,1-3H3;4*1H/t20-,21-,26+;;;;;/m0...../s1. The Labute approximate surface area is 258 Å². The SMILES string of the molecule is CC(C)C.CC(C)C[C@H](NC(=O)[C@H](Cc1ccccc1)NC(=O)CNC(=O)CNN1CCS(=O)CC1)C(=O)[C@@]1(C)CO1.[HH].[HH].[HH].[HH]. The average Bonchev–Trinajstić information content (AvgIpc) is 3.68. The minimum Gasteiger partial charge on any atom is -0.361 e. The lowest BCUT2D eigenvalue weighted by atomic mass is 9.93. The van der Waals surface area contributed by atoms with E-state index in [4.69, 9.17) is 4.74 Å². The van der Waals surface area contributed by atoms with Gasteiger partial charge in [0.25, 0.3) is 0 Å². The number of carbonyl (C=O) groups is 4. The van der Waals surface area contributed by atoms with Crippen molar-refractivity contribution in [3.63, 3.8) is 0 Å². The molecule has 2 aliphatic rings. The average molecular weight is 616 g/mol. The number of Topliss-reactive ketones (excluding diaryl/α,β-unsaturated/α-hetero) is 1. The first kappa shape index (κ1) is 35.5. The van der Waals surface area contributed by atoms with Gasteiger partial charge in [0.05, 0.1) is 25.7 Å². The predicted octanol–water partition coefficient (Wildman–Crippen LogP) is 1.93. The number of nitrogens with one attached hydrogen (secondary N) is 4. The van der Waals surface area contributed by atoms with Crippen molar-refractivity contribution >= 4 is 34.3 Å². The summed E-state index contributed by atoms with van der Waals surface area (Å²) in [5.41, 5.74) is 2.93. The molecule has 1 aromatic carbocycles. The number of hydrogen-bond acceptors (Lipinski definition) is 8. The van der Waals surface area contributed by atoms with Gasteiger partial charge in [-0.3, -0.25) is 23.4 Å². The summed E-state index contributed by atoms with van der Waals surface area (Å²) >= 11 is 0. The Morgan fingerprint density at radius 3 is 2.10 bits per heavy atom. The third kappa shape index (κ3) is 13.5. The molecule has 0 bridgehead atoms. The minimum atomic E-state index is -0.940. The molecule has 3 amide bonds. The summed E-state index contributed by atoms with van der Waals surface area (Å²) in [6, 6.07) is 7.58. The lowest BCUT2D eigenvalue weighted by Gasteiger charge is -2.26. The number of ether oxygens (including phenoxy) is 1. The first-order valence-corrected chi connectivity index (χ1v) is 16.2. The fourth-order valence-corrected chi connectivity index (χ4v) is 5.17. The summed E-state index contributed by atoms with van der Waals surface area (Å²) in [6.07, 6.45) is 0.673. The quantitative estimate of drug-likeness (QED) is 0.232. The van der Waals surface area contributed by atoms with E-state index < -0.39 is 40.3 Å². The number of nitrogens with zero attached hydrogens (tertiary/aromatic N) is 1. The number of carbonyl (C=O) groups excluding carboxylic acids is 4. The van der Waals surface area contributed by atoms with Gasteiger partial charge < -0.3 is 20.7 Å². The molecular weight excluding hydrogens is 558 g/mol. The number of benzene rings is 1. The molecular formula is C30H57N5O6S. The highest BCUT2D eigenvalue weighted by atomic mass is 32.2. The molecule has 0 saturated carbocycles. The van der Waals surface area contributed by atoms with E-state index in [0.29, 0.717) is 37.6 Å². The number of hydrogen-bond donors (Lipinski definition) is 4. The Balaban J connectivity index is -0.00000218. The molecule has 2 heterocycles. The van der Waals surface area contributed by atoms with Gasteiger partial charge in [0.2, 0.25) is 17.7 Å². The number of rotatable bonds is 14. The fourth-order valence-electron chi connectivity index (χ4n) is 4.12. The number of ketones is 1. The molecule has 0 radical (unpaired) electrons. The third-order valence-electron chi connectivity index (χ3n) is 6.46. The van der Waals surface area contributed by atoms with E-state index in [1.54, 1.807) is 6.92 Å². The monoisotopic (exact) mass is 615 g/mol. The van der Waals surface area contributed by atoms with Gasteiger partial charge in [0.1, 0.15) is 11.6 Å². The molecule has 3 atom stereocenters. The topological polar surface area (TPSA) is 149 Å². The fraction of sp³-hybridized carbons (Fsp3) is 0.667. The molecule has 42 heavy (non-hydrogen) atoms. The van der Waals surface area contributed by atoms with Crippen LogP contribution in [-0.4, -0.2) is 94.7 Å². The van der Waals surface area contributed by atoms with Crippen molar-refractivity contribution in [2.24, 2.45) is 11.8 Å². The Morgan fingerprint density at radius 2 is 1.55 bits per heavy atom. The summed E-state index contributed by atoms with van der Waals surface area (Å²) in [5, 5.41) is 9.93. The van der Waals surface area contributed by atoms with E-state index in [1.807, 2.05) is 49.2 Å². The van der Waals surface area contributed by atoms with Gasteiger partial charge >= 0.3 is 0 Å². The van der Waals surface area contributed by atoms with E-state index in [1.165, 1.54) is 0 Å². The summed E-state index contributed by atoms with van der Waals surface area (Å²) in [7, 11) is -0.814. The van der Waals surface area contributed by atoms with Crippen LogP contribution in [0.15, 0.2) is 30.3 Å². The van der Waals surface area contributed by atoms with Crippen molar-refractivity contribution in [2.75, 3.05) is 44.3 Å². The van der Waals surface area contributed by atoms with Crippen molar-refractivity contribution in [2.45, 2.75) is 72.1 Å². The van der Waals surface area contributed by atoms with Gasteiger partial charge in [-0.1, -0.05) is 65.0 Å². The molecule has 3 rings (SSSR count). The van der Waals surface area contributed by atoms with Crippen molar-refractivity contribution < 1.29 is 33.8 Å². The molecule has 0 aromatic heterocycles. The Bertz CT molecular complexity index is 1070. The van der Waals surface area contributed by atoms with E-state index in [2.05, 4.69) is 42.1 Å². The summed E-state index contributed by atoms with van der Waals surface area (Å²) in [5.74, 6) is 0.549. The maximum Gasteiger partial charge on any atom is 0.243 e. The second kappa shape index (κ2) is 17.4. The van der Waals surface area contributed by atoms with Gasteiger partial charge in [0, 0.05) is 47.5 Å². The zero-order chi connectivity index (χ0) is 31.3. The van der Waals surface area contributed by atoms with E-state index in [0.717, 1.165) is 11.5 Å². The van der Waals surface area contributed by atoms with Crippen LogP contribution in [0.2, 0.25) is 0 Å². The van der Waals surface area contributed by atoms with Crippen LogP contribution in [0.5, 0.6) is 0 Å². The van der Waals surface area contributed by atoms with Crippen molar-refractivity contribution in [3.8, 4) is 0 Å². The van der Waals surface area contributed by atoms with E-state index >= 15 is 0 Å². The molecule has 0 unspecified atom stereocenters. The third-order valence-corrected chi connectivity index (χ3v) is 7.74. The highest BCUT2D eigenvalue weighted by Crippen LogP contribution is 2.29. The number of amides is 3. The smallest absolute Gasteiger partial charge is 0.243 e. The highest BCUT2D eigenvalue weighted by molar-refractivity contribution is 7.85. The molecule has 2 aliphatic heterocycles. The van der Waals surface area contributed by atoms with Crippen LogP contribution in [-0.2, 0) is 41.1 Å². The van der Waals surface area contributed by atoms with Gasteiger partial charge in [-0.15, -0.1) is 0 Å². The maximum atomic E-state index is 13.3. The predicted molar refractivity (Wildman–Crippen MR) is 172 cm³/mol. The Morgan fingerprint density at radius 1 is 0.952 bits per heavy atom. The Hall–Kier alpha value is -2.67. The highest BCUT2D eigenvalue weighted by Gasteiger charge is 2.50. The van der Waals surface area contributed by atoms with Gasteiger partial charge in [-0.2, -0.15) is 0 Å². The molecule has 11 nitrogen and oxygen atoms in total. The second-order valence-electron chi connectivity index (χ2n) is 12.1.